The van der Waals surface area contributed by atoms with E-state index in [0.717, 1.165) is 64.0 Å². The molecule has 0 aromatic heterocycles. The monoisotopic (exact) mass is 424 g/mol. The van der Waals surface area contributed by atoms with Crippen molar-refractivity contribution in [3.63, 3.8) is 0 Å². The van der Waals surface area contributed by atoms with E-state index < -0.39 is 6.10 Å². The van der Waals surface area contributed by atoms with Gasteiger partial charge in [-0.2, -0.15) is 0 Å². The van der Waals surface area contributed by atoms with Gasteiger partial charge in [-0.15, -0.1) is 0 Å². The Labute approximate surface area is 185 Å². The third-order valence-corrected chi connectivity index (χ3v) is 6.67. The molecular weight excluding hydrogens is 376 g/mol. The molecule has 0 bridgehead atoms. The summed E-state index contributed by atoms with van der Waals surface area (Å²) >= 11 is 0. The summed E-state index contributed by atoms with van der Waals surface area (Å²) in [4.78, 5) is 0. The summed E-state index contributed by atoms with van der Waals surface area (Å²) < 4.78 is 0. The second kappa shape index (κ2) is 17.8. The van der Waals surface area contributed by atoms with Gasteiger partial charge in [-0.05, 0) is 50.9 Å². The van der Waals surface area contributed by atoms with E-state index in [1.807, 2.05) is 6.92 Å². The largest absolute Gasteiger partial charge is 0.516 e. The topological polar surface area (TPSA) is 80.9 Å². The second-order valence-electron chi connectivity index (χ2n) is 9.18. The quantitative estimate of drug-likeness (QED) is 0.120. The van der Waals surface area contributed by atoms with E-state index in [4.69, 9.17) is 5.11 Å². The third-order valence-electron chi connectivity index (χ3n) is 6.67. The van der Waals surface area contributed by atoms with Crippen LogP contribution in [0.2, 0.25) is 0 Å². The van der Waals surface area contributed by atoms with Crippen LogP contribution < -0.4 is 0 Å². The normalized spacial score (nSPS) is 25.6. The molecule has 1 rings (SSSR count). The van der Waals surface area contributed by atoms with Gasteiger partial charge in [0.2, 0.25) is 0 Å². The van der Waals surface area contributed by atoms with Crippen LogP contribution >= 0.6 is 0 Å². The van der Waals surface area contributed by atoms with Crippen LogP contribution in [0.5, 0.6) is 0 Å². The lowest BCUT2D eigenvalue weighted by Crippen LogP contribution is -2.20. The van der Waals surface area contributed by atoms with Crippen molar-refractivity contribution in [3.05, 3.63) is 24.5 Å². The highest BCUT2D eigenvalue weighted by atomic mass is 16.3. The van der Waals surface area contributed by atoms with Crippen molar-refractivity contribution in [3.8, 4) is 0 Å². The first-order chi connectivity index (χ1) is 14.6. The van der Waals surface area contributed by atoms with Gasteiger partial charge in [0, 0.05) is 12.3 Å². The van der Waals surface area contributed by atoms with Crippen LogP contribution in [-0.2, 0) is 0 Å². The van der Waals surface area contributed by atoms with Gasteiger partial charge in [0.1, 0.15) is 0 Å². The fourth-order valence-electron chi connectivity index (χ4n) is 4.65. The Bertz CT molecular complexity index is 448. The Kier molecular flexibility index (Phi) is 16.1. The highest BCUT2D eigenvalue weighted by molar-refractivity contribution is 5.02. The lowest BCUT2D eigenvalue weighted by atomic mass is 9.88. The number of rotatable bonds is 18. The number of hydrogen-bond acceptors (Lipinski definition) is 4. The van der Waals surface area contributed by atoms with E-state index in [2.05, 4.69) is 12.2 Å². The van der Waals surface area contributed by atoms with E-state index in [0.29, 0.717) is 6.42 Å². The van der Waals surface area contributed by atoms with Crippen molar-refractivity contribution in [2.45, 2.75) is 128 Å². The zero-order chi connectivity index (χ0) is 22.0. The molecule has 1 aliphatic rings. The molecule has 0 aliphatic heterocycles. The Morgan fingerprint density at radius 3 is 2.07 bits per heavy atom. The zero-order valence-corrected chi connectivity index (χ0v) is 19.3. The first kappa shape index (κ1) is 27.2. The Morgan fingerprint density at radius 2 is 1.40 bits per heavy atom. The van der Waals surface area contributed by atoms with Gasteiger partial charge in [-0.25, -0.2) is 0 Å². The Hall–Kier alpha value is -0.840. The molecule has 1 saturated carbocycles. The molecule has 4 nitrogen and oxygen atoms in total. The number of aliphatic hydroxyl groups excluding tert-OH is 4. The minimum absolute atomic E-state index is 0.0933. The maximum absolute atomic E-state index is 10.3. The van der Waals surface area contributed by atoms with Gasteiger partial charge in [-0.1, -0.05) is 76.5 Å². The third kappa shape index (κ3) is 12.1. The van der Waals surface area contributed by atoms with Crippen LogP contribution in [0.25, 0.3) is 0 Å². The molecule has 1 fully saturated rings. The van der Waals surface area contributed by atoms with Gasteiger partial charge < -0.3 is 20.4 Å². The van der Waals surface area contributed by atoms with Crippen LogP contribution in [0, 0.1) is 11.8 Å². The van der Waals surface area contributed by atoms with E-state index in [1.54, 1.807) is 6.08 Å². The maximum Gasteiger partial charge on any atom is 0.0751 e. The molecule has 4 heteroatoms. The van der Waals surface area contributed by atoms with Crippen molar-refractivity contribution in [2.24, 2.45) is 11.8 Å². The second-order valence-corrected chi connectivity index (χ2v) is 9.18. The van der Waals surface area contributed by atoms with Crippen molar-refractivity contribution in [1.82, 2.24) is 0 Å². The molecule has 30 heavy (non-hydrogen) atoms. The fraction of sp³-hybridized carbons (Fsp3) is 0.846. The summed E-state index contributed by atoms with van der Waals surface area (Å²) in [5, 5.41) is 38.9. The number of hydrogen-bond donors (Lipinski definition) is 4. The smallest absolute Gasteiger partial charge is 0.0751 e. The van der Waals surface area contributed by atoms with Gasteiger partial charge in [0.25, 0.3) is 0 Å². The number of unbranched alkanes of at least 4 members (excludes halogenated alkanes) is 10. The molecule has 0 heterocycles. The van der Waals surface area contributed by atoms with Crippen LogP contribution in [-0.4, -0.2) is 38.7 Å². The van der Waals surface area contributed by atoms with Gasteiger partial charge >= 0.3 is 0 Å². The van der Waals surface area contributed by atoms with Crippen molar-refractivity contribution < 1.29 is 20.4 Å². The summed E-state index contributed by atoms with van der Waals surface area (Å²) in [6, 6.07) is 0. The average Bonchev–Trinajstić information content (AvgIpc) is 3.00. The minimum atomic E-state index is -0.412. The van der Waals surface area contributed by atoms with Crippen molar-refractivity contribution >= 4 is 0 Å². The molecule has 0 saturated heterocycles. The molecule has 0 spiro atoms. The molecule has 5 unspecified atom stereocenters. The number of aliphatic hydroxyl groups is 4. The summed E-state index contributed by atoms with van der Waals surface area (Å²) in [6.07, 6.45) is 23.5. The van der Waals surface area contributed by atoms with Crippen molar-refractivity contribution in [1.29, 1.82) is 0 Å². The maximum atomic E-state index is 10.3. The lowest BCUT2D eigenvalue weighted by molar-refractivity contribution is 0.115. The summed E-state index contributed by atoms with van der Waals surface area (Å²) in [5.41, 5.74) is 0. The molecular formula is C26H48O4. The van der Waals surface area contributed by atoms with Crippen LogP contribution in [0.3, 0.4) is 0 Å². The Balaban J connectivity index is 2.11. The predicted molar refractivity (Wildman–Crippen MR) is 125 cm³/mol. The van der Waals surface area contributed by atoms with E-state index in [9.17, 15) is 15.3 Å². The lowest BCUT2D eigenvalue weighted by Gasteiger charge is -2.20. The zero-order valence-electron chi connectivity index (χ0n) is 19.3. The molecule has 0 aromatic carbocycles. The summed E-state index contributed by atoms with van der Waals surface area (Å²) in [7, 11) is 0. The van der Waals surface area contributed by atoms with Crippen LogP contribution in [0.15, 0.2) is 24.5 Å². The van der Waals surface area contributed by atoms with Crippen LogP contribution in [0.1, 0.15) is 110 Å². The fourth-order valence-corrected chi connectivity index (χ4v) is 4.65. The van der Waals surface area contributed by atoms with Gasteiger partial charge in [0.05, 0.1) is 24.6 Å². The first-order valence-electron chi connectivity index (χ1n) is 12.6. The molecule has 0 amide bonds. The summed E-state index contributed by atoms with van der Waals surface area (Å²) in [6.45, 7) is 2.04. The SMILES string of the molecule is CCC(O)CCCCCCCCCC=CC1C(O)CC(O)C1CCCCCC=CO. The summed E-state index contributed by atoms with van der Waals surface area (Å²) in [5.74, 6) is 0.270. The van der Waals surface area contributed by atoms with E-state index in [-0.39, 0.29) is 24.0 Å². The van der Waals surface area contributed by atoms with E-state index >= 15 is 0 Å². The predicted octanol–water partition coefficient (Wildman–Crippen LogP) is 6.20. The highest BCUT2D eigenvalue weighted by Crippen LogP contribution is 2.37. The molecule has 4 N–H and O–H groups in total. The standard InChI is InChI=1S/C26H48O4/c1-2-22(28)17-13-9-6-4-3-5-7-10-14-18-23-24(26(30)21-25(23)29)19-15-11-8-12-16-20-27/h14,16,18,20,22-30H,2-13,15,17,19,21H2,1H3. The number of allylic oxidation sites excluding steroid dienone is 2. The average molecular weight is 425 g/mol. The molecule has 1 aliphatic carbocycles. The van der Waals surface area contributed by atoms with Crippen molar-refractivity contribution in [2.75, 3.05) is 0 Å². The minimum Gasteiger partial charge on any atom is -0.516 e. The molecule has 176 valence electrons. The van der Waals surface area contributed by atoms with Gasteiger partial charge in [0.15, 0.2) is 0 Å². The first-order valence-corrected chi connectivity index (χ1v) is 12.6. The van der Waals surface area contributed by atoms with Gasteiger partial charge in [-0.3, -0.25) is 0 Å². The van der Waals surface area contributed by atoms with Crippen LogP contribution in [0.4, 0.5) is 0 Å². The molecule has 0 radical (unpaired) electrons. The highest BCUT2D eigenvalue weighted by Gasteiger charge is 2.39. The Morgan fingerprint density at radius 1 is 0.800 bits per heavy atom. The molecule has 5 atom stereocenters. The van der Waals surface area contributed by atoms with E-state index in [1.165, 1.54) is 38.5 Å². The molecule has 0 aromatic rings.